The van der Waals surface area contributed by atoms with E-state index < -0.39 is 10.0 Å². The van der Waals surface area contributed by atoms with Crippen LogP contribution in [0.1, 0.15) is 17.5 Å². The number of aryl methyl sites for hydroxylation is 1. The zero-order valence-corrected chi connectivity index (χ0v) is 16.1. The number of anilines is 2. The molecule has 0 aliphatic carbocycles. The van der Waals surface area contributed by atoms with Crippen LogP contribution in [0.25, 0.3) is 0 Å². The van der Waals surface area contributed by atoms with Crippen molar-refractivity contribution in [2.45, 2.75) is 19.4 Å². The lowest BCUT2D eigenvalue weighted by atomic mass is 10.1. The molecule has 2 aromatic carbocycles. The van der Waals surface area contributed by atoms with Crippen LogP contribution in [0.2, 0.25) is 0 Å². The summed E-state index contributed by atoms with van der Waals surface area (Å²) in [5.41, 5.74) is 2.34. The lowest BCUT2D eigenvalue weighted by Crippen LogP contribution is -2.18. The number of halogens is 1. The van der Waals surface area contributed by atoms with Gasteiger partial charge in [-0.25, -0.2) is 17.8 Å². The maximum absolute atomic E-state index is 13.6. The highest BCUT2D eigenvalue weighted by Gasteiger charge is 2.11. The van der Waals surface area contributed by atoms with Crippen LogP contribution in [-0.2, 0) is 23.0 Å². The van der Waals surface area contributed by atoms with Gasteiger partial charge in [0, 0.05) is 12.1 Å². The van der Waals surface area contributed by atoms with E-state index in [4.69, 9.17) is 0 Å². The quantitative estimate of drug-likeness (QED) is 0.566. The molecular weight excluding hydrogens is 377 g/mol. The van der Waals surface area contributed by atoms with Crippen molar-refractivity contribution in [3.8, 4) is 0 Å². The summed E-state index contributed by atoms with van der Waals surface area (Å²) in [6.45, 7) is 0.318. The van der Waals surface area contributed by atoms with Gasteiger partial charge in [0.15, 0.2) is 0 Å². The summed E-state index contributed by atoms with van der Waals surface area (Å²) in [4.78, 5) is 4.12. The highest BCUT2D eigenvalue weighted by atomic mass is 32.2. The molecule has 5 nitrogen and oxygen atoms in total. The van der Waals surface area contributed by atoms with Gasteiger partial charge in [-0.3, -0.25) is 4.72 Å². The molecule has 1 aromatic heterocycles. The highest BCUT2D eigenvalue weighted by molar-refractivity contribution is 7.92. The first-order valence-corrected chi connectivity index (χ1v) is 10.6. The van der Waals surface area contributed by atoms with Crippen molar-refractivity contribution in [2.24, 2.45) is 0 Å². The fourth-order valence-electron chi connectivity index (χ4n) is 2.72. The smallest absolute Gasteiger partial charge is 0.233 e. The van der Waals surface area contributed by atoms with Crippen molar-refractivity contribution in [3.63, 3.8) is 0 Å². The largest absolute Gasteiger partial charge is 0.380 e. The van der Waals surface area contributed by atoms with Crippen LogP contribution in [0.3, 0.4) is 0 Å². The van der Waals surface area contributed by atoms with E-state index in [1.807, 2.05) is 30.3 Å². The van der Waals surface area contributed by atoms with Crippen LogP contribution in [-0.4, -0.2) is 19.2 Å². The first-order valence-electron chi connectivity index (χ1n) is 8.99. The molecule has 0 aliphatic rings. The average Bonchev–Trinajstić information content (AvgIpc) is 2.69. The molecule has 0 aliphatic heterocycles. The van der Waals surface area contributed by atoms with E-state index in [9.17, 15) is 12.8 Å². The van der Waals surface area contributed by atoms with Crippen LogP contribution in [0.15, 0.2) is 72.9 Å². The predicted molar refractivity (Wildman–Crippen MR) is 110 cm³/mol. The standard InChI is InChI=1S/C21H22FN3O2S/c22-20-11-5-4-10-18(20)15-23-19-12-13-21(24-16-19)25-28(26,27)14-6-9-17-7-2-1-3-8-17/h1-5,7-8,10-13,16,23H,6,9,14-15H2,(H,24,25). The maximum atomic E-state index is 13.6. The van der Waals surface area contributed by atoms with Gasteiger partial charge in [0.2, 0.25) is 10.0 Å². The second kappa shape index (κ2) is 9.32. The number of rotatable bonds is 9. The number of pyridine rings is 1. The van der Waals surface area contributed by atoms with Crippen molar-refractivity contribution in [1.82, 2.24) is 4.98 Å². The van der Waals surface area contributed by atoms with Gasteiger partial charge < -0.3 is 5.32 Å². The molecule has 0 spiro atoms. The highest BCUT2D eigenvalue weighted by Crippen LogP contribution is 2.14. The van der Waals surface area contributed by atoms with Crippen molar-refractivity contribution in [2.75, 3.05) is 15.8 Å². The molecule has 3 aromatic rings. The summed E-state index contributed by atoms with van der Waals surface area (Å²) >= 11 is 0. The first-order chi connectivity index (χ1) is 13.5. The molecule has 146 valence electrons. The number of nitrogens with one attached hydrogen (secondary N) is 2. The number of hydrogen-bond acceptors (Lipinski definition) is 4. The summed E-state index contributed by atoms with van der Waals surface area (Å²) < 4.78 is 40.5. The van der Waals surface area contributed by atoms with Crippen LogP contribution in [0, 0.1) is 5.82 Å². The van der Waals surface area contributed by atoms with E-state index >= 15 is 0 Å². The van der Waals surface area contributed by atoms with Gasteiger partial charge in [-0.05, 0) is 36.6 Å². The van der Waals surface area contributed by atoms with Crippen LogP contribution >= 0.6 is 0 Å². The SMILES string of the molecule is O=S(=O)(CCCc1ccccc1)Nc1ccc(NCc2ccccc2F)cn1. The third kappa shape index (κ3) is 6.06. The number of benzene rings is 2. The second-order valence-corrected chi connectivity index (χ2v) is 8.23. The maximum Gasteiger partial charge on any atom is 0.233 e. The third-order valence-corrected chi connectivity index (χ3v) is 5.53. The Morgan fingerprint density at radius 2 is 1.68 bits per heavy atom. The Morgan fingerprint density at radius 3 is 2.39 bits per heavy atom. The Kier molecular flexibility index (Phi) is 6.60. The Hall–Kier alpha value is -2.93. The van der Waals surface area contributed by atoms with Gasteiger partial charge in [-0.1, -0.05) is 48.5 Å². The molecule has 0 amide bonds. The van der Waals surface area contributed by atoms with Gasteiger partial charge in [0.1, 0.15) is 11.6 Å². The fraction of sp³-hybridized carbons (Fsp3) is 0.190. The van der Waals surface area contributed by atoms with Crippen LogP contribution in [0.5, 0.6) is 0 Å². The van der Waals surface area contributed by atoms with Crippen molar-refractivity contribution in [1.29, 1.82) is 0 Å². The summed E-state index contributed by atoms with van der Waals surface area (Å²) in [6, 6.07) is 19.6. The zero-order valence-electron chi connectivity index (χ0n) is 15.3. The zero-order chi connectivity index (χ0) is 19.8. The molecule has 7 heteroatoms. The number of nitrogens with zero attached hydrogens (tertiary/aromatic N) is 1. The normalized spacial score (nSPS) is 11.2. The van der Waals surface area contributed by atoms with Gasteiger partial charge in [0.25, 0.3) is 0 Å². The van der Waals surface area contributed by atoms with Gasteiger partial charge in [0.05, 0.1) is 17.6 Å². The minimum Gasteiger partial charge on any atom is -0.380 e. The molecule has 0 saturated carbocycles. The molecule has 28 heavy (non-hydrogen) atoms. The minimum absolute atomic E-state index is 0.0247. The molecule has 0 saturated heterocycles. The summed E-state index contributed by atoms with van der Waals surface area (Å²) in [7, 11) is -3.46. The van der Waals surface area contributed by atoms with Gasteiger partial charge in [-0.15, -0.1) is 0 Å². The molecule has 3 rings (SSSR count). The predicted octanol–water partition coefficient (Wildman–Crippen LogP) is 4.21. The number of sulfonamides is 1. The van der Waals surface area contributed by atoms with E-state index in [1.54, 1.807) is 30.3 Å². The molecule has 0 atom stereocenters. The monoisotopic (exact) mass is 399 g/mol. The molecular formula is C21H22FN3O2S. The Balaban J connectivity index is 1.49. The van der Waals surface area contributed by atoms with Gasteiger partial charge >= 0.3 is 0 Å². The van der Waals surface area contributed by atoms with E-state index in [0.29, 0.717) is 30.6 Å². The minimum atomic E-state index is -3.46. The summed E-state index contributed by atoms with van der Waals surface area (Å²) in [5, 5.41) is 3.06. The lowest BCUT2D eigenvalue weighted by molar-refractivity contribution is 0.598. The lowest BCUT2D eigenvalue weighted by Gasteiger charge is -2.10. The molecule has 0 fully saturated rings. The van der Waals surface area contributed by atoms with Crippen molar-refractivity contribution in [3.05, 3.63) is 89.9 Å². The van der Waals surface area contributed by atoms with Gasteiger partial charge in [-0.2, -0.15) is 0 Å². The molecule has 1 heterocycles. The van der Waals surface area contributed by atoms with Crippen LogP contribution < -0.4 is 10.0 Å². The molecule has 0 bridgehead atoms. The Bertz CT molecular complexity index is 994. The number of hydrogen-bond donors (Lipinski definition) is 2. The summed E-state index contributed by atoms with van der Waals surface area (Å²) in [5.74, 6) is 0.00984. The van der Waals surface area contributed by atoms with E-state index in [2.05, 4.69) is 15.0 Å². The molecule has 2 N–H and O–H groups in total. The number of aromatic nitrogens is 1. The first kappa shape index (κ1) is 19.8. The molecule has 0 unspecified atom stereocenters. The van der Waals surface area contributed by atoms with E-state index in [1.165, 1.54) is 12.3 Å². The molecule has 0 radical (unpaired) electrons. The third-order valence-electron chi connectivity index (χ3n) is 4.19. The van der Waals surface area contributed by atoms with Crippen molar-refractivity contribution >= 4 is 21.5 Å². The Labute approximate surface area is 164 Å². The topological polar surface area (TPSA) is 71.1 Å². The van der Waals surface area contributed by atoms with Crippen molar-refractivity contribution < 1.29 is 12.8 Å². The fourth-order valence-corrected chi connectivity index (χ4v) is 3.79. The average molecular weight is 399 g/mol. The van der Waals surface area contributed by atoms with E-state index in [-0.39, 0.29) is 17.4 Å². The second-order valence-electron chi connectivity index (χ2n) is 6.39. The van der Waals surface area contributed by atoms with E-state index in [0.717, 1.165) is 5.56 Å². The van der Waals surface area contributed by atoms with Crippen LogP contribution in [0.4, 0.5) is 15.9 Å². The Morgan fingerprint density at radius 1 is 0.929 bits per heavy atom. The summed E-state index contributed by atoms with van der Waals surface area (Å²) in [6.07, 6.45) is 2.75.